The minimum atomic E-state index is -0.613. The molecule has 4 heteroatoms. The Morgan fingerprint density at radius 3 is 2.74 bits per heavy atom. The Morgan fingerprint density at radius 1 is 1.05 bits per heavy atom. The molecule has 0 radical (unpaired) electrons. The number of nitrogens with zero attached hydrogens (tertiary/aromatic N) is 2. The van der Waals surface area contributed by atoms with Crippen LogP contribution in [0.15, 0.2) is 54.9 Å². The van der Waals surface area contributed by atoms with Gasteiger partial charge in [0.25, 0.3) is 0 Å². The number of aromatic nitrogens is 2. The van der Waals surface area contributed by atoms with Crippen molar-refractivity contribution in [1.82, 2.24) is 9.97 Å². The van der Waals surface area contributed by atoms with Crippen LogP contribution < -0.4 is 5.73 Å². The maximum absolute atomic E-state index is 13.7. The van der Waals surface area contributed by atoms with E-state index in [1.807, 2.05) is 30.3 Å². The number of halogens is 1. The van der Waals surface area contributed by atoms with Crippen LogP contribution in [0.5, 0.6) is 0 Å². The van der Waals surface area contributed by atoms with E-state index in [0.717, 1.165) is 16.5 Å². The molecule has 1 unspecified atom stereocenters. The molecule has 1 atom stereocenters. The van der Waals surface area contributed by atoms with Crippen LogP contribution in [0.2, 0.25) is 0 Å². The normalized spacial score (nSPS) is 12.5. The first-order valence-electron chi connectivity index (χ1n) is 5.96. The fraction of sp³-hybridized carbons (Fsp3) is 0.0667. The van der Waals surface area contributed by atoms with Crippen molar-refractivity contribution in [3.8, 4) is 0 Å². The summed E-state index contributed by atoms with van der Waals surface area (Å²) < 4.78 is 13.7. The summed E-state index contributed by atoms with van der Waals surface area (Å²) >= 11 is 0. The van der Waals surface area contributed by atoms with Crippen molar-refractivity contribution in [2.45, 2.75) is 6.04 Å². The molecule has 0 amide bonds. The first-order chi connectivity index (χ1) is 9.25. The molecule has 0 saturated heterocycles. The second-order valence-electron chi connectivity index (χ2n) is 4.31. The lowest BCUT2D eigenvalue weighted by Gasteiger charge is -2.12. The highest BCUT2D eigenvalue weighted by atomic mass is 19.1. The molecule has 3 rings (SSSR count). The lowest BCUT2D eigenvalue weighted by atomic mass is 10.0. The minimum absolute atomic E-state index is 0.236. The van der Waals surface area contributed by atoms with Crippen LogP contribution >= 0.6 is 0 Å². The van der Waals surface area contributed by atoms with Gasteiger partial charge in [0.2, 0.25) is 0 Å². The van der Waals surface area contributed by atoms with Crippen LogP contribution in [0.3, 0.4) is 0 Å². The lowest BCUT2D eigenvalue weighted by Crippen LogP contribution is -2.15. The molecule has 2 N–H and O–H groups in total. The van der Waals surface area contributed by atoms with Crippen LogP contribution in [-0.2, 0) is 0 Å². The number of fused-ring (bicyclic) bond motifs is 1. The van der Waals surface area contributed by atoms with Gasteiger partial charge in [-0.05, 0) is 29.8 Å². The van der Waals surface area contributed by atoms with Gasteiger partial charge in [-0.25, -0.2) is 4.39 Å². The van der Waals surface area contributed by atoms with Crippen LogP contribution in [-0.4, -0.2) is 9.97 Å². The van der Waals surface area contributed by atoms with E-state index in [1.54, 1.807) is 12.3 Å². The Balaban J connectivity index is 2.07. The van der Waals surface area contributed by atoms with E-state index >= 15 is 0 Å². The van der Waals surface area contributed by atoms with Gasteiger partial charge in [-0.3, -0.25) is 9.97 Å². The van der Waals surface area contributed by atoms with Gasteiger partial charge in [-0.1, -0.05) is 18.2 Å². The maximum Gasteiger partial charge on any atom is 0.146 e. The Bertz CT molecular complexity index is 727. The first-order valence-corrected chi connectivity index (χ1v) is 5.96. The molecule has 3 nitrogen and oxygen atoms in total. The van der Waals surface area contributed by atoms with Gasteiger partial charge >= 0.3 is 0 Å². The molecule has 0 aliphatic rings. The quantitative estimate of drug-likeness (QED) is 0.764. The molecule has 0 spiro atoms. The summed E-state index contributed by atoms with van der Waals surface area (Å²) in [6.45, 7) is 0. The number of hydrogen-bond donors (Lipinski definition) is 1. The monoisotopic (exact) mass is 253 g/mol. The van der Waals surface area contributed by atoms with E-state index in [1.165, 1.54) is 12.3 Å². The van der Waals surface area contributed by atoms with Gasteiger partial charge in [-0.15, -0.1) is 0 Å². The van der Waals surface area contributed by atoms with E-state index in [9.17, 15) is 4.39 Å². The molecule has 0 bridgehead atoms. The minimum Gasteiger partial charge on any atom is -0.319 e. The summed E-state index contributed by atoms with van der Waals surface area (Å²) in [5, 5.41) is 0.979. The predicted molar refractivity (Wildman–Crippen MR) is 72.0 cm³/mol. The van der Waals surface area contributed by atoms with E-state index < -0.39 is 11.9 Å². The molecule has 0 aliphatic carbocycles. The number of nitrogens with two attached hydrogens (primary N) is 1. The smallest absolute Gasteiger partial charge is 0.146 e. The van der Waals surface area contributed by atoms with Crippen molar-refractivity contribution in [3.63, 3.8) is 0 Å². The third kappa shape index (κ3) is 2.18. The highest BCUT2D eigenvalue weighted by Gasteiger charge is 2.15. The van der Waals surface area contributed by atoms with E-state index in [2.05, 4.69) is 9.97 Å². The highest BCUT2D eigenvalue weighted by Crippen LogP contribution is 2.22. The van der Waals surface area contributed by atoms with Gasteiger partial charge in [0, 0.05) is 17.8 Å². The van der Waals surface area contributed by atoms with Gasteiger partial charge < -0.3 is 5.73 Å². The molecule has 19 heavy (non-hydrogen) atoms. The van der Waals surface area contributed by atoms with Crippen molar-refractivity contribution >= 4 is 10.9 Å². The lowest BCUT2D eigenvalue weighted by molar-refractivity contribution is 0.586. The summed E-state index contributed by atoms with van der Waals surface area (Å²) in [4.78, 5) is 8.33. The summed E-state index contributed by atoms with van der Waals surface area (Å²) in [5.41, 5.74) is 7.94. The zero-order valence-corrected chi connectivity index (χ0v) is 10.1. The van der Waals surface area contributed by atoms with Gasteiger partial charge in [0.05, 0.1) is 17.3 Å². The van der Waals surface area contributed by atoms with E-state index in [0.29, 0.717) is 0 Å². The fourth-order valence-corrected chi connectivity index (χ4v) is 2.04. The number of hydrogen-bond acceptors (Lipinski definition) is 3. The van der Waals surface area contributed by atoms with Crippen LogP contribution in [0.25, 0.3) is 10.9 Å². The summed E-state index contributed by atoms with van der Waals surface area (Å²) in [5.74, 6) is -0.400. The zero-order chi connectivity index (χ0) is 13.2. The van der Waals surface area contributed by atoms with Crippen LogP contribution in [0, 0.1) is 5.82 Å². The third-order valence-corrected chi connectivity index (χ3v) is 3.05. The van der Waals surface area contributed by atoms with E-state index in [-0.39, 0.29) is 5.69 Å². The largest absolute Gasteiger partial charge is 0.319 e. The van der Waals surface area contributed by atoms with Crippen molar-refractivity contribution in [2.75, 3.05) is 0 Å². The second kappa shape index (κ2) is 4.74. The molecule has 0 fully saturated rings. The first kappa shape index (κ1) is 11.7. The molecule has 1 aromatic carbocycles. The second-order valence-corrected chi connectivity index (χ2v) is 4.31. The average molecular weight is 253 g/mol. The van der Waals surface area contributed by atoms with Crippen LogP contribution in [0.1, 0.15) is 17.3 Å². The van der Waals surface area contributed by atoms with Crippen molar-refractivity contribution in [2.24, 2.45) is 5.73 Å². The summed E-state index contributed by atoms with van der Waals surface area (Å²) in [7, 11) is 0. The molecule has 0 aliphatic heterocycles. The molecular formula is C15H12FN3. The SMILES string of the molecule is NC(c1cnc2ccccc2c1)c1ncccc1F. The summed E-state index contributed by atoms with van der Waals surface area (Å²) in [6.07, 6.45) is 3.20. The number of benzene rings is 1. The molecule has 0 saturated carbocycles. The number of pyridine rings is 2. The van der Waals surface area contributed by atoms with Crippen molar-refractivity contribution in [3.05, 3.63) is 71.9 Å². The summed E-state index contributed by atoms with van der Waals surface area (Å²) in [6, 6.07) is 11.9. The Kier molecular flexibility index (Phi) is 2.93. The molecular weight excluding hydrogens is 241 g/mol. The van der Waals surface area contributed by atoms with Gasteiger partial charge in [0.1, 0.15) is 5.82 Å². The zero-order valence-electron chi connectivity index (χ0n) is 10.1. The molecule has 3 aromatic rings. The molecule has 2 heterocycles. The van der Waals surface area contributed by atoms with Crippen molar-refractivity contribution in [1.29, 1.82) is 0 Å². The molecule has 94 valence electrons. The standard InChI is InChI=1S/C15H12FN3/c16-12-5-3-7-18-15(12)14(17)11-8-10-4-1-2-6-13(10)19-9-11/h1-9,14H,17H2. The van der Waals surface area contributed by atoms with E-state index in [4.69, 9.17) is 5.73 Å². The van der Waals surface area contributed by atoms with Crippen LogP contribution in [0.4, 0.5) is 4.39 Å². The highest BCUT2D eigenvalue weighted by molar-refractivity contribution is 5.78. The number of para-hydroxylation sites is 1. The predicted octanol–water partition coefficient (Wildman–Crippen LogP) is 2.82. The third-order valence-electron chi connectivity index (χ3n) is 3.05. The average Bonchev–Trinajstić information content (AvgIpc) is 2.46. The Hall–Kier alpha value is -2.33. The topological polar surface area (TPSA) is 51.8 Å². The van der Waals surface area contributed by atoms with Crippen molar-refractivity contribution < 1.29 is 4.39 Å². The Labute approximate surface area is 109 Å². The maximum atomic E-state index is 13.7. The Morgan fingerprint density at radius 2 is 1.89 bits per heavy atom. The molecule has 2 aromatic heterocycles. The van der Waals surface area contributed by atoms with Gasteiger partial charge in [0.15, 0.2) is 0 Å². The number of rotatable bonds is 2. The fourth-order valence-electron chi connectivity index (χ4n) is 2.04. The van der Waals surface area contributed by atoms with Gasteiger partial charge in [-0.2, -0.15) is 0 Å².